The standard InChI is InChI=1S/C13H22N2O/c1-11-3-2-6-15(7-4-11)10-12-5-8-16-13(12)9-14/h5,8,11H,2-4,6-7,9-10,14H2,1H3. The van der Waals surface area contributed by atoms with Gasteiger partial charge >= 0.3 is 0 Å². The van der Waals surface area contributed by atoms with Crippen LogP contribution in [-0.2, 0) is 13.1 Å². The summed E-state index contributed by atoms with van der Waals surface area (Å²) in [5.74, 6) is 1.82. The van der Waals surface area contributed by atoms with E-state index >= 15 is 0 Å². The second kappa shape index (κ2) is 5.51. The van der Waals surface area contributed by atoms with E-state index in [0.29, 0.717) is 6.54 Å². The predicted octanol–water partition coefficient (Wildman–Crippen LogP) is 2.36. The molecule has 1 aliphatic heterocycles. The van der Waals surface area contributed by atoms with Gasteiger partial charge in [0.25, 0.3) is 0 Å². The van der Waals surface area contributed by atoms with E-state index < -0.39 is 0 Å². The molecule has 16 heavy (non-hydrogen) atoms. The Morgan fingerprint density at radius 2 is 2.31 bits per heavy atom. The predicted molar refractivity (Wildman–Crippen MR) is 64.9 cm³/mol. The molecular weight excluding hydrogens is 200 g/mol. The van der Waals surface area contributed by atoms with Gasteiger partial charge in [-0.3, -0.25) is 4.90 Å². The van der Waals surface area contributed by atoms with Crippen LogP contribution in [-0.4, -0.2) is 18.0 Å². The van der Waals surface area contributed by atoms with Crippen LogP contribution in [0.25, 0.3) is 0 Å². The van der Waals surface area contributed by atoms with Crippen LogP contribution in [0.1, 0.15) is 37.5 Å². The molecule has 0 amide bonds. The van der Waals surface area contributed by atoms with E-state index in [2.05, 4.69) is 17.9 Å². The Morgan fingerprint density at radius 3 is 3.12 bits per heavy atom. The largest absolute Gasteiger partial charge is 0.468 e. The highest BCUT2D eigenvalue weighted by atomic mass is 16.3. The van der Waals surface area contributed by atoms with Gasteiger partial charge in [-0.2, -0.15) is 0 Å². The lowest BCUT2D eigenvalue weighted by molar-refractivity contribution is 0.271. The minimum absolute atomic E-state index is 0.507. The van der Waals surface area contributed by atoms with E-state index in [9.17, 15) is 0 Å². The molecule has 1 aromatic rings. The maximum Gasteiger partial charge on any atom is 0.121 e. The summed E-state index contributed by atoms with van der Waals surface area (Å²) in [5, 5.41) is 0. The first-order valence-corrected chi connectivity index (χ1v) is 6.27. The monoisotopic (exact) mass is 222 g/mol. The number of rotatable bonds is 3. The molecule has 1 aromatic heterocycles. The molecule has 1 unspecified atom stereocenters. The summed E-state index contributed by atoms with van der Waals surface area (Å²) < 4.78 is 5.36. The highest BCUT2D eigenvalue weighted by Gasteiger charge is 2.15. The number of nitrogens with two attached hydrogens (primary N) is 1. The Bertz CT molecular complexity index is 321. The van der Waals surface area contributed by atoms with Gasteiger partial charge in [0, 0.05) is 12.1 Å². The van der Waals surface area contributed by atoms with Crippen molar-refractivity contribution in [1.82, 2.24) is 4.90 Å². The van der Waals surface area contributed by atoms with Gasteiger partial charge in [-0.15, -0.1) is 0 Å². The van der Waals surface area contributed by atoms with Gasteiger partial charge in [0.15, 0.2) is 0 Å². The lowest BCUT2D eigenvalue weighted by Crippen LogP contribution is -2.24. The number of hydrogen-bond acceptors (Lipinski definition) is 3. The molecule has 3 heteroatoms. The minimum atomic E-state index is 0.507. The molecule has 1 saturated heterocycles. The van der Waals surface area contributed by atoms with Crippen molar-refractivity contribution >= 4 is 0 Å². The molecule has 1 atom stereocenters. The van der Waals surface area contributed by atoms with Gasteiger partial charge in [-0.05, 0) is 44.3 Å². The fourth-order valence-corrected chi connectivity index (χ4v) is 2.41. The maximum absolute atomic E-state index is 5.64. The molecule has 0 aromatic carbocycles. The van der Waals surface area contributed by atoms with Crippen LogP contribution in [0, 0.1) is 5.92 Å². The molecule has 3 nitrogen and oxygen atoms in total. The van der Waals surface area contributed by atoms with E-state index in [1.54, 1.807) is 6.26 Å². The normalized spacial score (nSPS) is 23.2. The van der Waals surface area contributed by atoms with Crippen molar-refractivity contribution in [3.63, 3.8) is 0 Å². The van der Waals surface area contributed by atoms with E-state index in [1.165, 1.54) is 37.9 Å². The van der Waals surface area contributed by atoms with Crippen molar-refractivity contribution in [2.75, 3.05) is 13.1 Å². The highest BCUT2D eigenvalue weighted by Crippen LogP contribution is 2.19. The molecule has 2 rings (SSSR count). The van der Waals surface area contributed by atoms with Crippen LogP contribution in [0.4, 0.5) is 0 Å². The summed E-state index contributed by atoms with van der Waals surface area (Å²) in [6.07, 6.45) is 5.75. The van der Waals surface area contributed by atoms with E-state index in [0.717, 1.165) is 18.2 Å². The molecule has 90 valence electrons. The summed E-state index contributed by atoms with van der Waals surface area (Å²) in [7, 11) is 0. The van der Waals surface area contributed by atoms with Crippen LogP contribution in [0.3, 0.4) is 0 Å². The van der Waals surface area contributed by atoms with Crippen molar-refractivity contribution in [2.45, 2.75) is 39.3 Å². The average Bonchev–Trinajstić information content (AvgIpc) is 2.63. The molecule has 2 heterocycles. The number of hydrogen-bond donors (Lipinski definition) is 1. The lowest BCUT2D eigenvalue weighted by Gasteiger charge is -2.19. The van der Waals surface area contributed by atoms with Crippen LogP contribution in [0.5, 0.6) is 0 Å². The van der Waals surface area contributed by atoms with Gasteiger partial charge in [-0.25, -0.2) is 0 Å². The lowest BCUT2D eigenvalue weighted by atomic mass is 10.0. The summed E-state index contributed by atoms with van der Waals surface area (Å²) in [6, 6.07) is 2.05. The van der Waals surface area contributed by atoms with Crippen molar-refractivity contribution in [3.8, 4) is 0 Å². The topological polar surface area (TPSA) is 42.4 Å². The highest BCUT2D eigenvalue weighted by molar-refractivity contribution is 5.16. The van der Waals surface area contributed by atoms with Crippen molar-refractivity contribution in [1.29, 1.82) is 0 Å². The van der Waals surface area contributed by atoms with Crippen molar-refractivity contribution in [2.24, 2.45) is 11.7 Å². The van der Waals surface area contributed by atoms with Crippen LogP contribution < -0.4 is 5.73 Å². The summed E-state index contributed by atoms with van der Waals surface area (Å²) in [4.78, 5) is 2.52. The third-order valence-corrected chi connectivity index (χ3v) is 3.53. The third-order valence-electron chi connectivity index (χ3n) is 3.53. The van der Waals surface area contributed by atoms with E-state index in [1.807, 2.05) is 0 Å². The molecular formula is C13H22N2O. The fraction of sp³-hybridized carbons (Fsp3) is 0.692. The molecule has 1 fully saturated rings. The van der Waals surface area contributed by atoms with Crippen LogP contribution in [0.2, 0.25) is 0 Å². The first kappa shape index (κ1) is 11.7. The molecule has 1 aliphatic rings. The van der Waals surface area contributed by atoms with E-state index in [-0.39, 0.29) is 0 Å². The van der Waals surface area contributed by atoms with Gasteiger partial charge in [-0.1, -0.05) is 6.92 Å². The minimum Gasteiger partial charge on any atom is -0.468 e. The zero-order valence-electron chi connectivity index (χ0n) is 10.1. The fourth-order valence-electron chi connectivity index (χ4n) is 2.41. The van der Waals surface area contributed by atoms with Gasteiger partial charge < -0.3 is 10.2 Å². The first-order valence-electron chi connectivity index (χ1n) is 6.27. The smallest absolute Gasteiger partial charge is 0.121 e. The molecule has 0 spiro atoms. The number of likely N-dealkylation sites (tertiary alicyclic amines) is 1. The summed E-state index contributed by atoms with van der Waals surface area (Å²) >= 11 is 0. The van der Waals surface area contributed by atoms with E-state index in [4.69, 9.17) is 10.2 Å². The first-order chi connectivity index (χ1) is 7.79. The zero-order valence-corrected chi connectivity index (χ0v) is 10.1. The Kier molecular flexibility index (Phi) is 4.02. The Hall–Kier alpha value is -0.800. The van der Waals surface area contributed by atoms with Gasteiger partial charge in [0.1, 0.15) is 5.76 Å². The second-order valence-corrected chi connectivity index (χ2v) is 4.89. The average molecular weight is 222 g/mol. The molecule has 0 saturated carbocycles. The maximum atomic E-state index is 5.64. The molecule has 0 radical (unpaired) electrons. The number of furan rings is 1. The summed E-state index contributed by atoms with van der Waals surface area (Å²) in [6.45, 7) is 6.27. The molecule has 0 aliphatic carbocycles. The SMILES string of the molecule is CC1CCCN(Cc2ccoc2CN)CC1. The van der Waals surface area contributed by atoms with Crippen molar-refractivity contribution in [3.05, 3.63) is 23.7 Å². The number of nitrogens with zero attached hydrogens (tertiary/aromatic N) is 1. The summed E-state index contributed by atoms with van der Waals surface area (Å²) in [5.41, 5.74) is 6.90. The third kappa shape index (κ3) is 2.86. The zero-order chi connectivity index (χ0) is 11.4. The molecule has 2 N–H and O–H groups in total. The van der Waals surface area contributed by atoms with Crippen molar-refractivity contribution < 1.29 is 4.42 Å². The Morgan fingerprint density at radius 1 is 1.44 bits per heavy atom. The Labute approximate surface area is 97.6 Å². The van der Waals surface area contributed by atoms with Gasteiger partial charge in [0.2, 0.25) is 0 Å². The molecule has 0 bridgehead atoms. The Balaban J connectivity index is 1.93. The van der Waals surface area contributed by atoms with Crippen LogP contribution in [0.15, 0.2) is 16.7 Å². The second-order valence-electron chi connectivity index (χ2n) is 4.89. The van der Waals surface area contributed by atoms with Gasteiger partial charge in [0.05, 0.1) is 12.8 Å². The van der Waals surface area contributed by atoms with Crippen LogP contribution >= 0.6 is 0 Å². The quantitative estimate of drug-likeness (QED) is 0.853.